The van der Waals surface area contributed by atoms with E-state index in [4.69, 9.17) is 10.5 Å². The summed E-state index contributed by atoms with van der Waals surface area (Å²) in [6.07, 6.45) is 3.87. The van der Waals surface area contributed by atoms with Gasteiger partial charge < -0.3 is 20.4 Å². The monoisotopic (exact) mass is 237 g/mol. The van der Waals surface area contributed by atoms with Crippen molar-refractivity contribution in [1.82, 2.24) is 9.88 Å². The predicted octanol–water partition coefficient (Wildman–Crippen LogP) is 0.997. The number of carbonyl (C=O) groups is 1. The van der Waals surface area contributed by atoms with Crippen LogP contribution in [0.1, 0.15) is 30.3 Å². The summed E-state index contributed by atoms with van der Waals surface area (Å²) in [5, 5.41) is 2.99. The molecule has 5 nitrogen and oxygen atoms in total. The van der Waals surface area contributed by atoms with Gasteiger partial charge in [0.2, 0.25) is 0 Å². The molecule has 0 bridgehead atoms. The van der Waals surface area contributed by atoms with Crippen molar-refractivity contribution < 1.29 is 9.53 Å². The highest BCUT2D eigenvalue weighted by Crippen LogP contribution is 2.23. The number of amides is 1. The van der Waals surface area contributed by atoms with E-state index in [-0.39, 0.29) is 11.9 Å². The molecule has 0 saturated heterocycles. The van der Waals surface area contributed by atoms with Crippen LogP contribution in [0.15, 0.2) is 12.3 Å². The number of rotatable bonds is 4. The molecule has 0 atom stereocenters. The Labute approximate surface area is 101 Å². The number of ether oxygens (including phenoxy) is 1. The van der Waals surface area contributed by atoms with Crippen molar-refractivity contribution in [2.24, 2.45) is 0 Å². The Kier molecular flexibility index (Phi) is 3.38. The van der Waals surface area contributed by atoms with Crippen LogP contribution >= 0.6 is 0 Å². The standard InChI is InChI=1S/C12H19N3O2/c1-3-15-7-8(13)4-11(15)12(16)14-9-5-10(6-9)17-2/h4,7,9-10H,3,5-6,13H2,1-2H3,(H,14,16). The maximum absolute atomic E-state index is 12.0. The molecule has 5 heteroatoms. The van der Waals surface area contributed by atoms with Gasteiger partial charge in [0.15, 0.2) is 0 Å². The number of nitrogens with two attached hydrogens (primary N) is 1. The van der Waals surface area contributed by atoms with Crippen LogP contribution in [0.5, 0.6) is 0 Å². The van der Waals surface area contributed by atoms with Gasteiger partial charge in [0.05, 0.1) is 11.8 Å². The van der Waals surface area contributed by atoms with Crippen molar-refractivity contribution >= 4 is 11.6 Å². The minimum atomic E-state index is -0.0527. The maximum atomic E-state index is 12.0. The fraction of sp³-hybridized carbons (Fsp3) is 0.583. The lowest BCUT2D eigenvalue weighted by molar-refractivity contribution is 0.0175. The molecule has 1 aromatic rings. The highest BCUT2D eigenvalue weighted by molar-refractivity contribution is 5.94. The van der Waals surface area contributed by atoms with Crippen LogP contribution in [-0.4, -0.2) is 29.7 Å². The molecule has 1 heterocycles. The van der Waals surface area contributed by atoms with Gasteiger partial charge in [-0.25, -0.2) is 0 Å². The lowest BCUT2D eigenvalue weighted by atomic mass is 9.89. The Morgan fingerprint density at radius 3 is 2.94 bits per heavy atom. The normalized spacial score (nSPS) is 23.2. The van der Waals surface area contributed by atoms with E-state index < -0.39 is 0 Å². The zero-order valence-electron chi connectivity index (χ0n) is 10.3. The Hall–Kier alpha value is -1.49. The third-order valence-corrected chi connectivity index (χ3v) is 3.25. The number of anilines is 1. The van der Waals surface area contributed by atoms with Crippen molar-refractivity contribution in [3.05, 3.63) is 18.0 Å². The highest BCUT2D eigenvalue weighted by atomic mass is 16.5. The minimum Gasteiger partial charge on any atom is -0.397 e. The fourth-order valence-corrected chi connectivity index (χ4v) is 2.12. The predicted molar refractivity (Wildman–Crippen MR) is 65.8 cm³/mol. The number of hydrogen-bond donors (Lipinski definition) is 2. The second-order valence-corrected chi connectivity index (χ2v) is 4.44. The molecule has 94 valence electrons. The average Bonchev–Trinajstić information content (AvgIpc) is 2.64. The smallest absolute Gasteiger partial charge is 0.268 e. The summed E-state index contributed by atoms with van der Waals surface area (Å²) < 4.78 is 7.03. The number of hydrogen-bond acceptors (Lipinski definition) is 3. The minimum absolute atomic E-state index is 0.0527. The fourth-order valence-electron chi connectivity index (χ4n) is 2.12. The first-order valence-corrected chi connectivity index (χ1v) is 5.93. The zero-order chi connectivity index (χ0) is 12.4. The van der Waals surface area contributed by atoms with Gasteiger partial charge in [-0.3, -0.25) is 4.79 Å². The number of carbonyl (C=O) groups excluding carboxylic acids is 1. The molecule has 0 spiro atoms. The Morgan fingerprint density at radius 2 is 2.35 bits per heavy atom. The molecular formula is C12H19N3O2. The van der Waals surface area contributed by atoms with Crippen molar-refractivity contribution in [3.8, 4) is 0 Å². The molecule has 0 radical (unpaired) electrons. The Bertz CT molecular complexity index is 408. The topological polar surface area (TPSA) is 69.3 Å². The van der Waals surface area contributed by atoms with Crippen LogP contribution < -0.4 is 11.1 Å². The second kappa shape index (κ2) is 4.79. The van der Waals surface area contributed by atoms with E-state index in [2.05, 4.69) is 5.32 Å². The van der Waals surface area contributed by atoms with Crippen LogP contribution in [0.2, 0.25) is 0 Å². The Balaban J connectivity index is 1.95. The number of nitrogens with one attached hydrogen (secondary N) is 1. The van der Waals surface area contributed by atoms with Gasteiger partial charge in [0, 0.05) is 25.9 Å². The molecule has 17 heavy (non-hydrogen) atoms. The summed E-state index contributed by atoms with van der Waals surface area (Å²) in [6, 6.07) is 1.94. The number of nitrogen functional groups attached to an aromatic ring is 1. The quantitative estimate of drug-likeness (QED) is 0.820. The highest BCUT2D eigenvalue weighted by Gasteiger charge is 2.30. The Morgan fingerprint density at radius 1 is 1.65 bits per heavy atom. The molecule has 3 N–H and O–H groups in total. The van der Waals surface area contributed by atoms with Gasteiger partial charge >= 0.3 is 0 Å². The summed E-state index contributed by atoms with van der Waals surface area (Å²) in [6.45, 7) is 2.73. The maximum Gasteiger partial charge on any atom is 0.268 e. The number of aromatic nitrogens is 1. The van der Waals surface area contributed by atoms with Gasteiger partial charge in [0.25, 0.3) is 5.91 Å². The average molecular weight is 237 g/mol. The lowest BCUT2D eigenvalue weighted by Crippen LogP contribution is -2.47. The summed E-state index contributed by atoms with van der Waals surface area (Å²) >= 11 is 0. The largest absolute Gasteiger partial charge is 0.397 e. The van der Waals surface area contributed by atoms with E-state index in [1.807, 2.05) is 11.5 Å². The third kappa shape index (κ3) is 2.44. The molecule has 0 aliphatic heterocycles. The van der Waals surface area contributed by atoms with Gasteiger partial charge in [-0.2, -0.15) is 0 Å². The SMILES string of the molecule is CCn1cc(N)cc1C(=O)NC1CC(OC)C1. The first-order valence-electron chi connectivity index (χ1n) is 5.93. The summed E-state index contributed by atoms with van der Waals surface area (Å²) in [7, 11) is 1.70. The zero-order valence-corrected chi connectivity index (χ0v) is 10.3. The molecule has 0 aromatic carbocycles. The lowest BCUT2D eigenvalue weighted by Gasteiger charge is -2.34. The van der Waals surface area contributed by atoms with Crippen LogP contribution in [0, 0.1) is 0 Å². The van der Waals surface area contributed by atoms with Gasteiger partial charge in [0.1, 0.15) is 5.69 Å². The molecule has 1 aliphatic carbocycles. The van der Waals surface area contributed by atoms with Gasteiger partial charge in [-0.15, -0.1) is 0 Å². The first kappa shape index (κ1) is 12.0. The van der Waals surface area contributed by atoms with Crippen molar-refractivity contribution in [1.29, 1.82) is 0 Å². The number of nitrogens with zero attached hydrogens (tertiary/aromatic N) is 1. The number of aryl methyl sites for hydroxylation is 1. The third-order valence-electron chi connectivity index (χ3n) is 3.25. The number of methoxy groups -OCH3 is 1. The molecule has 1 fully saturated rings. The summed E-state index contributed by atoms with van der Waals surface area (Å²) in [5.41, 5.74) is 6.95. The van der Waals surface area contributed by atoms with Crippen LogP contribution in [0.25, 0.3) is 0 Å². The summed E-state index contributed by atoms with van der Waals surface area (Å²) in [5.74, 6) is -0.0527. The van der Waals surface area contributed by atoms with Gasteiger partial charge in [-0.05, 0) is 25.8 Å². The molecule has 0 unspecified atom stereocenters. The van der Waals surface area contributed by atoms with Crippen LogP contribution in [-0.2, 0) is 11.3 Å². The van der Waals surface area contributed by atoms with Crippen LogP contribution in [0.3, 0.4) is 0 Å². The second-order valence-electron chi connectivity index (χ2n) is 4.44. The van der Waals surface area contributed by atoms with E-state index in [1.165, 1.54) is 0 Å². The molecule has 1 amide bonds. The van der Waals surface area contributed by atoms with E-state index in [9.17, 15) is 4.79 Å². The van der Waals surface area contributed by atoms with Crippen LogP contribution in [0.4, 0.5) is 5.69 Å². The van der Waals surface area contributed by atoms with Crippen molar-refractivity contribution in [2.45, 2.75) is 38.5 Å². The van der Waals surface area contributed by atoms with E-state index in [1.54, 1.807) is 19.4 Å². The van der Waals surface area contributed by atoms with E-state index in [0.29, 0.717) is 17.5 Å². The first-order chi connectivity index (χ1) is 8.13. The molecule has 1 aliphatic rings. The van der Waals surface area contributed by atoms with Crippen molar-refractivity contribution in [3.63, 3.8) is 0 Å². The molecule has 2 rings (SSSR count). The molecule has 1 saturated carbocycles. The van der Waals surface area contributed by atoms with Gasteiger partial charge in [-0.1, -0.05) is 0 Å². The van der Waals surface area contributed by atoms with E-state index >= 15 is 0 Å². The molecule has 1 aromatic heterocycles. The van der Waals surface area contributed by atoms with E-state index in [0.717, 1.165) is 19.4 Å². The summed E-state index contributed by atoms with van der Waals surface area (Å²) in [4.78, 5) is 12.0. The molecular weight excluding hydrogens is 218 g/mol. The van der Waals surface area contributed by atoms with Crippen molar-refractivity contribution in [2.75, 3.05) is 12.8 Å².